The van der Waals surface area contributed by atoms with Crippen molar-refractivity contribution in [2.45, 2.75) is 18.8 Å². The lowest BCUT2D eigenvalue weighted by Gasteiger charge is -2.26. The molecule has 1 nitrogen and oxygen atoms in total. The van der Waals surface area contributed by atoms with Crippen molar-refractivity contribution in [1.82, 2.24) is 0 Å². The molecule has 20 heavy (non-hydrogen) atoms. The van der Waals surface area contributed by atoms with Gasteiger partial charge in [-0.05, 0) is 30.7 Å². The highest BCUT2D eigenvalue weighted by Gasteiger charge is 2.12. The molecule has 0 N–H and O–H groups in total. The highest BCUT2D eigenvalue weighted by molar-refractivity contribution is 6.31. The Morgan fingerprint density at radius 3 is 2.45 bits per heavy atom. The van der Waals surface area contributed by atoms with Gasteiger partial charge in [-0.15, -0.1) is 11.6 Å². The quantitative estimate of drug-likeness (QED) is 0.693. The molecule has 0 amide bonds. The Hall–Kier alpha value is -1.25. The van der Waals surface area contributed by atoms with E-state index in [1.54, 1.807) is 12.1 Å². The molecule has 0 fully saturated rings. The van der Waals surface area contributed by atoms with E-state index in [-0.39, 0.29) is 10.4 Å². The summed E-state index contributed by atoms with van der Waals surface area (Å²) in [7, 11) is 0. The van der Waals surface area contributed by atoms with Gasteiger partial charge < -0.3 is 4.90 Å². The van der Waals surface area contributed by atoms with E-state index in [1.807, 2.05) is 25.1 Å². The summed E-state index contributed by atoms with van der Waals surface area (Å²) in [5.74, 6) is -0.408. The number of hydrogen-bond donors (Lipinski definition) is 0. The molecular formula is C16H16Cl2FN. The van der Waals surface area contributed by atoms with Crippen LogP contribution in [0.25, 0.3) is 0 Å². The Balaban J connectivity index is 2.24. The van der Waals surface area contributed by atoms with Crippen molar-refractivity contribution >= 4 is 28.9 Å². The molecule has 4 heteroatoms. The topological polar surface area (TPSA) is 3.24 Å². The molecule has 0 heterocycles. The van der Waals surface area contributed by atoms with Gasteiger partial charge in [0.15, 0.2) is 0 Å². The van der Waals surface area contributed by atoms with Crippen LogP contribution in [0.15, 0.2) is 48.5 Å². The first kappa shape index (κ1) is 15.1. The standard InChI is InChI=1S/C16H16Cl2FN/c1-12(17)10-20(11-13-5-3-2-4-6-13)14-7-8-16(19)15(18)9-14/h2-9,12H,10-11H2,1H3. The number of nitrogens with zero attached hydrogens (tertiary/aromatic N) is 1. The third-order valence-electron chi connectivity index (χ3n) is 2.96. The van der Waals surface area contributed by atoms with Gasteiger partial charge in [0.25, 0.3) is 0 Å². The number of hydrogen-bond acceptors (Lipinski definition) is 1. The van der Waals surface area contributed by atoms with Crippen LogP contribution >= 0.6 is 23.2 Å². The maximum absolute atomic E-state index is 13.3. The number of anilines is 1. The minimum atomic E-state index is -0.408. The van der Waals surface area contributed by atoms with Crippen LogP contribution in [0.4, 0.5) is 10.1 Å². The largest absolute Gasteiger partial charge is 0.366 e. The van der Waals surface area contributed by atoms with Crippen LogP contribution in [0.5, 0.6) is 0 Å². The van der Waals surface area contributed by atoms with E-state index in [1.165, 1.54) is 11.6 Å². The first-order valence-electron chi connectivity index (χ1n) is 6.44. The van der Waals surface area contributed by atoms with Gasteiger partial charge in [0, 0.05) is 24.2 Å². The fourth-order valence-corrected chi connectivity index (χ4v) is 2.39. The van der Waals surface area contributed by atoms with Crippen molar-refractivity contribution < 1.29 is 4.39 Å². The molecule has 0 bridgehead atoms. The van der Waals surface area contributed by atoms with Crippen molar-refractivity contribution in [3.8, 4) is 0 Å². The first-order valence-corrected chi connectivity index (χ1v) is 7.25. The molecule has 2 rings (SSSR count). The lowest BCUT2D eigenvalue weighted by molar-refractivity contribution is 0.627. The van der Waals surface area contributed by atoms with Crippen molar-refractivity contribution in [2.75, 3.05) is 11.4 Å². The smallest absolute Gasteiger partial charge is 0.141 e. The van der Waals surface area contributed by atoms with Crippen LogP contribution < -0.4 is 4.90 Å². The average Bonchev–Trinajstić information content (AvgIpc) is 2.42. The second-order valence-electron chi connectivity index (χ2n) is 4.75. The molecule has 0 aliphatic rings. The van der Waals surface area contributed by atoms with Gasteiger partial charge in [-0.1, -0.05) is 41.9 Å². The fraction of sp³-hybridized carbons (Fsp3) is 0.250. The third-order valence-corrected chi connectivity index (χ3v) is 3.38. The third kappa shape index (κ3) is 4.12. The Morgan fingerprint density at radius 2 is 1.85 bits per heavy atom. The zero-order chi connectivity index (χ0) is 14.5. The van der Waals surface area contributed by atoms with Crippen LogP contribution in [0, 0.1) is 5.82 Å². The maximum atomic E-state index is 13.3. The minimum Gasteiger partial charge on any atom is -0.366 e. The van der Waals surface area contributed by atoms with Gasteiger partial charge in [-0.3, -0.25) is 0 Å². The molecule has 106 valence electrons. The highest BCUT2D eigenvalue weighted by atomic mass is 35.5. The van der Waals surface area contributed by atoms with E-state index < -0.39 is 5.82 Å². The van der Waals surface area contributed by atoms with E-state index >= 15 is 0 Å². The molecular weight excluding hydrogens is 296 g/mol. The summed E-state index contributed by atoms with van der Waals surface area (Å²) in [6.45, 7) is 3.31. The molecule has 2 aromatic carbocycles. The van der Waals surface area contributed by atoms with Gasteiger partial charge >= 0.3 is 0 Å². The van der Waals surface area contributed by atoms with Gasteiger partial charge in [0.05, 0.1) is 5.02 Å². The Morgan fingerprint density at radius 1 is 1.15 bits per heavy atom. The van der Waals surface area contributed by atoms with E-state index in [0.717, 1.165) is 5.69 Å². The summed E-state index contributed by atoms with van der Waals surface area (Å²) in [4.78, 5) is 2.10. The van der Waals surface area contributed by atoms with Crippen LogP contribution in [0.2, 0.25) is 5.02 Å². The van der Waals surface area contributed by atoms with E-state index in [0.29, 0.717) is 13.1 Å². The zero-order valence-corrected chi connectivity index (χ0v) is 12.7. The number of halogens is 3. The predicted octanol–water partition coefficient (Wildman–Crippen LogP) is 5.11. The van der Waals surface area contributed by atoms with Crippen molar-refractivity contribution in [3.63, 3.8) is 0 Å². The van der Waals surface area contributed by atoms with Gasteiger partial charge in [-0.25, -0.2) is 4.39 Å². The second-order valence-corrected chi connectivity index (χ2v) is 5.90. The molecule has 0 saturated heterocycles. The van der Waals surface area contributed by atoms with E-state index in [4.69, 9.17) is 23.2 Å². The van der Waals surface area contributed by atoms with E-state index in [2.05, 4.69) is 17.0 Å². The monoisotopic (exact) mass is 311 g/mol. The summed E-state index contributed by atoms with van der Waals surface area (Å²) in [5, 5.41) is 0.116. The molecule has 0 saturated carbocycles. The Bertz CT molecular complexity index is 558. The van der Waals surface area contributed by atoms with Crippen LogP contribution in [-0.4, -0.2) is 11.9 Å². The van der Waals surface area contributed by atoms with Gasteiger partial charge in [0.1, 0.15) is 5.82 Å². The normalized spacial score (nSPS) is 12.2. The fourth-order valence-electron chi connectivity index (χ4n) is 2.05. The van der Waals surface area contributed by atoms with Crippen LogP contribution in [0.3, 0.4) is 0 Å². The summed E-state index contributed by atoms with van der Waals surface area (Å²) >= 11 is 12.0. The minimum absolute atomic E-state index is 0.0115. The van der Waals surface area contributed by atoms with Gasteiger partial charge in [0.2, 0.25) is 0 Å². The van der Waals surface area contributed by atoms with E-state index in [9.17, 15) is 4.39 Å². The van der Waals surface area contributed by atoms with Crippen LogP contribution in [0.1, 0.15) is 12.5 Å². The van der Waals surface area contributed by atoms with Gasteiger partial charge in [-0.2, -0.15) is 0 Å². The maximum Gasteiger partial charge on any atom is 0.141 e. The molecule has 0 aromatic heterocycles. The van der Waals surface area contributed by atoms with Crippen molar-refractivity contribution in [2.24, 2.45) is 0 Å². The molecule has 1 unspecified atom stereocenters. The lowest BCUT2D eigenvalue weighted by Crippen LogP contribution is -2.28. The predicted molar refractivity (Wildman–Crippen MR) is 84.2 cm³/mol. The molecule has 0 spiro atoms. The highest BCUT2D eigenvalue weighted by Crippen LogP contribution is 2.24. The summed E-state index contributed by atoms with van der Waals surface area (Å²) < 4.78 is 13.3. The molecule has 0 aliphatic heterocycles. The molecule has 0 radical (unpaired) electrons. The second kappa shape index (κ2) is 6.96. The summed E-state index contributed by atoms with van der Waals surface area (Å²) in [6.07, 6.45) is 0. The summed E-state index contributed by atoms with van der Waals surface area (Å²) in [6, 6.07) is 14.8. The number of benzene rings is 2. The lowest BCUT2D eigenvalue weighted by atomic mass is 10.2. The summed E-state index contributed by atoms with van der Waals surface area (Å²) in [5.41, 5.74) is 2.04. The van der Waals surface area contributed by atoms with Crippen molar-refractivity contribution in [3.05, 3.63) is 64.9 Å². The average molecular weight is 312 g/mol. The molecule has 1 atom stereocenters. The Labute approximate surface area is 128 Å². The zero-order valence-electron chi connectivity index (χ0n) is 11.2. The van der Waals surface area contributed by atoms with Crippen LogP contribution in [-0.2, 0) is 6.54 Å². The molecule has 0 aliphatic carbocycles. The number of rotatable bonds is 5. The Kier molecular flexibility index (Phi) is 5.27. The molecule has 2 aromatic rings. The SMILES string of the molecule is CC(Cl)CN(Cc1ccccc1)c1ccc(F)c(Cl)c1. The first-order chi connectivity index (χ1) is 9.56. The van der Waals surface area contributed by atoms with Crippen molar-refractivity contribution in [1.29, 1.82) is 0 Å². The number of alkyl halides is 1.